The summed E-state index contributed by atoms with van der Waals surface area (Å²) in [5.74, 6) is 0.0849. The molecule has 1 aromatic carbocycles. The second-order valence-corrected chi connectivity index (χ2v) is 7.34. The first kappa shape index (κ1) is 18.4. The Hall–Kier alpha value is -2.96. The summed E-state index contributed by atoms with van der Waals surface area (Å²) in [6, 6.07) is 8.52. The number of aryl methyl sites for hydroxylation is 3. The molecule has 7 nitrogen and oxygen atoms in total. The molecular formula is C21H25N5O2. The maximum absolute atomic E-state index is 13.1. The largest absolute Gasteiger partial charge is 0.336 e. The van der Waals surface area contributed by atoms with Crippen molar-refractivity contribution in [3.05, 3.63) is 58.3 Å². The normalized spacial score (nSPS) is 15.7. The lowest BCUT2D eigenvalue weighted by molar-refractivity contribution is -0.134. The minimum Gasteiger partial charge on any atom is -0.336 e. The highest BCUT2D eigenvalue weighted by Gasteiger charge is 2.30. The number of benzene rings is 1. The van der Waals surface area contributed by atoms with Crippen molar-refractivity contribution in [1.82, 2.24) is 24.2 Å². The predicted molar refractivity (Wildman–Crippen MR) is 107 cm³/mol. The second kappa shape index (κ2) is 7.58. The smallest absolute Gasteiger partial charge is 0.264 e. The molecule has 0 N–H and O–H groups in total. The van der Waals surface area contributed by atoms with E-state index in [9.17, 15) is 9.59 Å². The van der Waals surface area contributed by atoms with Crippen molar-refractivity contribution in [3.8, 4) is 0 Å². The van der Waals surface area contributed by atoms with Crippen LogP contribution in [-0.4, -0.2) is 36.7 Å². The Morgan fingerprint density at radius 1 is 1.32 bits per heavy atom. The van der Waals surface area contributed by atoms with Crippen LogP contribution in [0.15, 0.2) is 41.6 Å². The molecule has 0 radical (unpaired) electrons. The molecule has 1 aliphatic rings. The Balaban J connectivity index is 1.52. The number of carbonyl (C=O) groups is 1. The van der Waals surface area contributed by atoms with E-state index in [1.54, 1.807) is 11.7 Å². The van der Waals surface area contributed by atoms with E-state index in [2.05, 4.69) is 35.2 Å². The van der Waals surface area contributed by atoms with Crippen molar-refractivity contribution >= 4 is 16.9 Å². The van der Waals surface area contributed by atoms with Crippen LogP contribution in [0.1, 0.15) is 43.4 Å². The molecule has 1 atom stereocenters. The van der Waals surface area contributed by atoms with Crippen LogP contribution >= 0.6 is 0 Å². The van der Waals surface area contributed by atoms with Gasteiger partial charge >= 0.3 is 0 Å². The van der Waals surface area contributed by atoms with Crippen LogP contribution in [0.4, 0.5) is 0 Å². The monoisotopic (exact) mass is 379 g/mol. The van der Waals surface area contributed by atoms with Crippen molar-refractivity contribution < 1.29 is 4.79 Å². The van der Waals surface area contributed by atoms with Gasteiger partial charge in [-0.3, -0.25) is 18.8 Å². The number of hydrogen-bond donors (Lipinski definition) is 0. The SMILES string of the molecule is CCCN(C(=O)CCn1cnc2c(cnn2C)c1=O)C1CCc2ccccc21. The van der Waals surface area contributed by atoms with E-state index in [1.807, 2.05) is 11.0 Å². The minimum absolute atomic E-state index is 0.0849. The van der Waals surface area contributed by atoms with E-state index in [4.69, 9.17) is 0 Å². The summed E-state index contributed by atoms with van der Waals surface area (Å²) in [6.45, 7) is 3.14. The zero-order valence-electron chi connectivity index (χ0n) is 16.3. The predicted octanol–water partition coefficient (Wildman–Crippen LogP) is 2.45. The standard InChI is InChI=1S/C21H25N5O2/c1-3-11-26(18-9-8-15-6-4-5-7-16(15)18)19(27)10-12-25-14-22-20-17(21(25)28)13-23-24(20)2/h4-7,13-14,18H,3,8-12H2,1-2H3. The van der Waals surface area contributed by atoms with Crippen molar-refractivity contribution in [2.75, 3.05) is 6.54 Å². The molecule has 2 heterocycles. The first-order valence-electron chi connectivity index (χ1n) is 9.84. The summed E-state index contributed by atoms with van der Waals surface area (Å²) >= 11 is 0. The molecule has 146 valence electrons. The number of amides is 1. The fourth-order valence-corrected chi connectivity index (χ4v) is 4.14. The van der Waals surface area contributed by atoms with E-state index >= 15 is 0 Å². The van der Waals surface area contributed by atoms with Gasteiger partial charge in [0.05, 0.1) is 18.6 Å². The molecule has 7 heteroatoms. The van der Waals surface area contributed by atoms with Crippen LogP contribution in [0.2, 0.25) is 0 Å². The molecule has 3 aromatic rings. The van der Waals surface area contributed by atoms with Crippen LogP contribution in [0.3, 0.4) is 0 Å². The number of aromatic nitrogens is 4. The molecular weight excluding hydrogens is 354 g/mol. The molecule has 0 saturated heterocycles. The average molecular weight is 379 g/mol. The van der Waals surface area contributed by atoms with E-state index in [0.717, 1.165) is 25.8 Å². The molecule has 1 aliphatic carbocycles. The molecule has 0 saturated carbocycles. The van der Waals surface area contributed by atoms with Gasteiger partial charge in [0.2, 0.25) is 5.91 Å². The fourth-order valence-electron chi connectivity index (χ4n) is 4.14. The minimum atomic E-state index is -0.154. The van der Waals surface area contributed by atoms with Gasteiger partial charge in [0.1, 0.15) is 5.39 Å². The number of fused-ring (bicyclic) bond motifs is 2. The van der Waals surface area contributed by atoms with E-state index < -0.39 is 0 Å². The van der Waals surface area contributed by atoms with Gasteiger partial charge in [0.15, 0.2) is 5.65 Å². The van der Waals surface area contributed by atoms with E-state index in [1.165, 1.54) is 28.2 Å². The second-order valence-electron chi connectivity index (χ2n) is 7.34. The Kier molecular flexibility index (Phi) is 4.98. The first-order valence-corrected chi connectivity index (χ1v) is 9.84. The average Bonchev–Trinajstić information content (AvgIpc) is 3.30. The van der Waals surface area contributed by atoms with Crippen molar-refractivity contribution in [2.45, 2.75) is 45.2 Å². The lowest BCUT2D eigenvalue weighted by atomic mass is 10.1. The van der Waals surface area contributed by atoms with Crippen LogP contribution < -0.4 is 5.56 Å². The van der Waals surface area contributed by atoms with Gasteiger partial charge in [-0.1, -0.05) is 31.2 Å². The van der Waals surface area contributed by atoms with Crippen molar-refractivity contribution in [1.29, 1.82) is 0 Å². The molecule has 0 fully saturated rings. The van der Waals surface area contributed by atoms with Crippen LogP contribution in [0.25, 0.3) is 11.0 Å². The Bertz CT molecular complexity index is 1070. The topological polar surface area (TPSA) is 73.0 Å². The molecule has 0 spiro atoms. The van der Waals surface area contributed by atoms with E-state index in [0.29, 0.717) is 17.6 Å². The molecule has 2 aromatic heterocycles. The molecule has 0 bridgehead atoms. The van der Waals surface area contributed by atoms with E-state index in [-0.39, 0.29) is 23.9 Å². The zero-order chi connectivity index (χ0) is 19.7. The van der Waals surface area contributed by atoms with Gasteiger partial charge in [0, 0.05) is 26.6 Å². The molecule has 28 heavy (non-hydrogen) atoms. The van der Waals surface area contributed by atoms with Gasteiger partial charge in [0.25, 0.3) is 5.56 Å². The van der Waals surface area contributed by atoms with Crippen molar-refractivity contribution in [2.24, 2.45) is 7.05 Å². The van der Waals surface area contributed by atoms with Crippen molar-refractivity contribution in [3.63, 3.8) is 0 Å². The van der Waals surface area contributed by atoms with Crippen LogP contribution in [-0.2, 0) is 24.8 Å². The number of nitrogens with zero attached hydrogens (tertiary/aromatic N) is 5. The third-order valence-corrected chi connectivity index (χ3v) is 5.55. The Labute approximate surface area is 163 Å². The summed E-state index contributed by atoms with van der Waals surface area (Å²) in [4.78, 5) is 32.0. The van der Waals surface area contributed by atoms with Gasteiger partial charge < -0.3 is 4.90 Å². The quantitative estimate of drug-likeness (QED) is 0.659. The zero-order valence-corrected chi connectivity index (χ0v) is 16.3. The molecule has 0 aliphatic heterocycles. The maximum Gasteiger partial charge on any atom is 0.264 e. The van der Waals surface area contributed by atoms with Crippen LogP contribution in [0, 0.1) is 0 Å². The number of hydrogen-bond acceptors (Lipinski definition) is 4. The summed E-state index contributed by atoms with van der Waals surface area (Å²) in [5, 5.41) is 4.56. The lowest BCUT2D eigenvalue weighted by Crippen LogP contribution is -2.36. The highest BCUT2D eigenvalue weighted by molar-refractivity contribution is 5.77. The summed E-state index contributed by atoms with van der Waals surface area (Å²) in [6.07, 6.45) is 6.21. The number of rotatable bonds is 6. The van der Waals surface area contributed by atoms with Gasteiger partial charge in [-0.2, -0.15) is 5.10 Å². The Morgan fingerprint density at radius 2 is 2.14 bits per heavy atom. The summed E-state index contributed by atoms with van der Waals surface area (Å²) in [7, 11) is 1.75. The Morgan fingerprint density at radius 3 is 2.96 bits per heavy atom. The molecule has 1 unspecified atom stereocenters. The highest BCUT2D eigenvalue weighted by Crippen LogP contribution is 2.36. The lowest BCUT2D eigenvalue weighted by Gasteiger charge is -2.30. The summed E-state index contributed by atoms with van der Waals surface area (Å²) < 4.78 is 3.08. The van der Waals surface area contributed by atoms with Crippen LogP contribution in [0.5, 0.6) is 0 Å². The molecule has 1 amide bonds. The van der Waals surface area contributed by atoms with Gasteiger partial charge in [-0.05, 0) is 30.4 Å². The highest BCUT2D eigenvalue weighted by atomic mass is 16.2. The maximum atomic E-state index is 13.1. The van der Waals surface area contributed by atoms with Gasteiger partial charge in [-0.15, -0.1) is 0 Å². The fraction of sp³-hybridized carbons (Fsp3) is 0.429. The first-order chi connectivity index (χ1) is 13.6. The van der Waals surface area contributed by atoms with Gasteiger partial charge in [-0.25, -0.2) is 4.98 Å². The third-order valence-electron chi connectivity index (χ3n) is 5.55. The molecule has 4 rings (SSSR count). The summed E-state index contributed by atoms with van der Waals surface area (Å²) in [5.41, 5.74) is 3.01. The number of carbonyl (C=O) groups excluding carboxylic acids is 1. The third kappa shape index (κ3) is 3.21.